The molecule has 0 amide bonds. The molecular weight excluding hydrogens is 242 g/mol. The summed E-state index contributed by atoms with van der Waals surface area (Å²) in [7, 11) is 6.16. The number of halogens is 1. The number of carboxylic acid groups (broad SMARTS) is 1. The molecule has 0 aliphatic carbocycles. The summed E-state index contributed by atoms with van der Waals surface area (Å²) in [5.41, 5.74) is 0. The normalized spacial score (nSPS) is 11.0. The lowest BCUT2D eigenvalue weighted by molar-refractivity contribution is -0.890. The molecular formula is C12H26ClNO3. The van der Waals surface area contributed by atoms with Gasteiger partial charge in [-0.3, -0.25) is 4.79 Å². The molecule has 104 valence electrons. The number of hydrogen-bond donors (Lipinski definition) is 1. The first kappa shape index (κ1) is 19.0. The summed E-state index contributed by atoms with van der Waals surface area (Å²) in [6.45, 7) is 3.05. The van der Waals surface area contributed by atoms with Crippen molar-refractivity contribution in [3.05, 3.63) is 0 Å². The van der Waals surface area contributed by atoms with Crippen molar-refractivity contribution in [1.82, 2.24) is 0 Å². The van der Waals surface area contributed by atoms with Crippen LogP contribution >= 0.6 is 0 Å². The van der Waals surface area contributed by atoms with Crippen molar-refractivity contribution in [2.75, 3.05) is 40.9 Å². The number of nitrogens with zero attached hydrogens (tertiary/aromatic N) is 1. The fraction of sp³-hybridized carbons (Fsp3) is 0.917. The molecule has 0 unspecified atom stereocenters. The highest BCUT2D eigenvalue weighted by atomic mass is 35.5. The number of rotatable bonds is 10. The van der Waals surface area contributed by atoms with Gasteiger partial charge < -0.3 is 26.7 Å². The van der Waals surface area contributed by atoms with Crippen LogP contribution in [0.25, 0.3) is 0 Å². The molecule has 0 radical (unpaired) electrons. The van der Waals surface area contributed by atoms with Crippen LogP contribution in [0.3, 0.4) is 0 Å². The first-order valence-corrected chi connectivity index (χ1v) is 6.01. The van der Waals surface area contributed by atoms with E-state index in [1.54, 1.807) is 7.11 Å². The predicted octanol–water partition coefficient (Wildman–Crippen LogP) is -1.25. The molecule has 1 N–H and O–H groups in total. The monoisotopic (exact) mass is 267 g/mol. The summed E-state index contributed by atoms with van der Waals surface area (Å²) in [5.74, 6) is -0.686. The smallest absolute Gasteiger partial charge is 0.303 e. The van der Waals surface area contributed by atoms with Crippen LogP contribution in [-0.4, -0.2) is 56.5 Å². The third-order valence-electron chi connectivity index (χ3n) is 2.77. The van der Waals surface area contributed by atoms with Crippen LogP contribution in [0.15, 0.2) is 0 Å². The summed E-state index contributed by atoms with van der Waals surface area (Å²) >= 11 is 0. The molecule has 0 rings (SSSR count). The Labute approximate surface area is 111 Å². The number of unbranched alkanes of at least 4 members (excludes halogenated alkanes) is 2. The summed E-state index contributed by atoms with van der Waals surface area (Å²) in [4.78, 5) is 10.3. The standard InChI is InChI=1S/C12H25NO3.ClH/c1-13(2,10-7-11-16-3)9-6-4-5-8-12(14)15;/h4-11H2,1-3H3;1H. The quantitative estimate of drug-likeness (QED) is 0.397. The van der Waals surface area contributed by atoms with E-state index in [1.807, 2.05) is 0 Å². The minimum Gasteiger partial charge on any atom is -1.00 e. The van der Waals surface area contributed by atoms with Gasteiger partial charge in [-0.25, -0.2) is 0 Å². The van der Waals surface area contributed by atoms with Gasteiger partial charge in [0.1, 0.15) is 0 Å². The van der Waals surface area contributed by atoms with Gasteiger partial charge in [0.15, 0.2) is 0 Å². The van der Waals surface area contributed by atoms with Gasteiger partial charge in [0.05, 0.1) is 33.8 Å². The van der Waals surface area contributed by atoms with Crippen LogP contribution in [0.5, 0.6) is 0 Å². The second-order valence-electron chi connectivity index (χ2n) is 4.93. The van der Waals surface area contributed by atoms with Crippen LogP contribution in [0.4, 0.5) is 0 Å². The maximum atomic E-state index is 10.3. The van der Waals surface area contributed by atoms with E-state index in [-0.39, 0.29) is 12.4 Å². The Morgan fingerprint density at radius 1 is 1.12 bits per heavy atom. The van der Waals surface area contributed by atoms with Gasteiger partial charge in [-0.1, -0.05) is 0 Å². The predicted molar refractivity (Wildman–Crippen MR) is 64.4 cm³/mol. The minimum atomic E-state index is -0.686. The SMILES string of the molecule is COCCC[N+](C)(C)CCCCCC(=O)O.[Cl-]. The summed E-state index contributed by atoms with van der Waals surface area (Å²) in [5, 5.41) is 8.50. The fourth-order valence-electron chi connectivity index (χ4n) is 1.74. The zero-order valence-electron chi connectivity index (χ0n) is 11.2. The van der Waals surface area contributed by atoms with E-state index in [1.165, 1.54) is 0 Å². The van der Waals surface area contributed by atoms with Gasteiger partial charge >= 0.3 is 5.97 Å². The van der Waals surface area contributed by atoms with Gasteiger partial charge in [-0.2, -0.15) is 0 Å². The molecule has 0 aromatic rings. The minimum absolute atomic E-state index is 0. The third kappa shape index (κ3) is 13.6. The average Bonchev–Trinajstić information content (AvgIpc) is 2.16. The van der Waals surface area contributed by atoms with E-state index in [0.717, 1.165) is 49.9 Å². The van der Waals surface area contributed by atoms with Crippen LogP contribution in [-0.2, 0) is 9.53 Å². The molecule has 0 saturated carbocycles. The number of carboxylic acids is 1. The zero-order chi connectivity index (χ0) is 12.4. The molecule has 0 spiro atoms. The van der Waals surface area contributed by atoms with Gasteiger partial charge in [0, 0.05) is 20.0 Å². The Balaban J connectivity index is 0. The van der Waals surface area contributed by atoms with Crippen LogP contribution < -0.4 is 12.4 Å². The fourth-order valence-corrected chi connectivity index (χ4v) is 1.74. The molecule has 0 fully saturated rings. The van der Waals surface area contributed by atoms with Crippen LogP contribution in [0, 0.1) is 0 Å². The lowest BCUT2D eigenvalue weighted by atomic mass is 10.2. The van der Waals surface area contributed by atoms with Gasteiger partial charge in [-0.15, -0.1) is 0 Å². The molecule has 0 aromatic heterocycles. The zero-order valence-corrected chi connectivity index (χ0v) is 12.0. The highest BCUT2D eigenvalue weighted by Gasteiger charge is 2.13. The van der Waals surface area contributed by atoms with Gasteiger partial charge in [0.2, 0.25) is 0 Å². The molecule has 0 aliphatic rings. The van der Waals surface area contributed by atoms with Crippen molar-refractivity contribution in [3.63, 3.8) is 0 Å². The number of carbonyl (C=O) groups is 1. The second kappa shape index (κ2) is 10.8. The molecule has 0 atom stereocenters. The molecule has 4 nitrogen and oxygen atoms in total. The van der Waals surface area contributed by atoms with Crippen molar-refractivity contribution in [2.45, 2.75) is 32.1 Å². The van der Waals surface area contributed by atoms with E-state index in [2.05, 4.69) is 14.1 Å². The molecule has 0 heterocycles. The number of quaternary nitrogens is 1. The topological polar surface area (TPSA) is 46.5 Å². The Bertz CT molecular complexity index is 198. The molecule has 0 bridgehead atoms. The third-order valence-corrected chi connectivity index (χ3v) is 2.77. The Morgan fingerprint density at radius 2 is 1.71 bits per heavy atom. The maximum Gasteiger partial charge on any atom is 0.303 e. The lowest BCUT2D eigenvalue weighted by Crippen LogP contribution is -3.00. The first-order chi connectivity index (χ1) is 7.48. The number of methoxy groups -OCH3 is 1. The van der Waals surface area contributed by atoms with Crippen molar-refractivity contribution >= 4 is 5.97 Å². The van der Waals surface area contributed by atoms with E-state index >= 15 is 0 Å². The summed E-state index contributed by atoms with van der Waals surface area (Å²) in [6.07, 6.45) is 4.30. The maximum absolute atomic E-state index is 10.3. The van der Waals surface area contributed by atoms with E-state index in [9.17, 15) is 4.79 Å². The number of ether oxygens (including phenoxy) is 1. The summed E-state index contributed by atoms with van der Waals surface area (Å²) < 4.78 is 6.03. The largest absolute Gasteiger partial charge is 1.00 e. The molecule has 0 aliphatic heterocycles. The lowest BCUT2D eigenvalue weighted by Gasteiger charge is -2.29. The first-order valence-electron chi connectivity index (χ1n) is 6.01. The Hall–Kier alpha value is -0.320. The second-order valence-corrected chi connectivity index (χ2v) is 4.93. The van der Waals surface area contributed by atoms with Crippen molar-refractivity contribution < 1.29 is 31.5 Å². The number of aliphatic carboxylic acids is 1. The van der Waals surface area contributed by atoms with Gasteiger partial charge in [0.25, 0.3) is 0 Å². The average molecular weight is 268 g/mol. The molecule has 17 heavy (non-hydrogen) atoms. The highest BCUT2D eigenvalue weighted by molar-refractivity contribution is 5.66. The number of hydrogen-bond acceptors (Lipinski definition) is 2. The summed E-state index contributed by atoms with van der Waals surface area (Å²) in [6, 6.07) is 0. The Kier molecular flexibility index (Phi) is 12.1. The van der Waals surface area contributed by atoms with Crippen molar-refractivity contribution in [2.24, 2.45) is 0 Å². The van der Waals surface area contributed by atoms with E-state index < -0.39 is 5.97 Å². The molecule has 0 saturated heterocycles. The van der Waals surface area contributed by atoms with Crippen LogP contribution in [0.1, 0.15) is 32.1 Å². The van der Waals surface area contributed by atoms with Crippen LogP contribution in [0.2, 0.25) is 0 Å². The van der Waals surface area contributed by atoms with Gasteiger partial charge in [-0.05, 0) is 19.3 Å². The Morgan fingerprint density at radius 3 is 2.24 bits per heavy atom. The highest BCUT2D eigenvalue weighted by Crippen LogP contribution is 2.06. The van der Waals surface area contributed by atoms with E-state index in [0.29, 0.717) is 6.42 Å². The van der Waals surface area contributed by atoms with Crippen molar-refractivity contribution in [1.29, 1.82) is 0 Å². The molecule has 0 aromatic carbocycles. The van der Waals surface area contributed by atoms with Crippen molar-refractivity contribution in [3.8, 4) is 0 Å². The van der Waals surface area contributed by atoms with E-state index in [4.69, 9.17) is 9.84 Å². The molecule has 5 heteroatoms.